The first-order valence-electron chi connectivity index (χ1n) is 2.63. The minimum atomic E-state index is -0.640. The number of unbranched alkanes of at least 4 members (excludes halogenated alkanes) is 1. The van der Waals surface area contributed by atoms with Gasteiger partial charge in [0.05, 0.1) is 0 Å². The number of hydrogen-bond acceptors (Lipinski definition) is 2. The Bertz CT molecular complexity index is 30.9. The molecular formula is C4H12OSSi. The van der Waals surface area contributed by atoms with E-state index in [1.165, 1.54) is 6.42 Å². The molecule has 1 nitrogen and oxygen atoms in total. The summed E-state index contributed by atoms with van der Waals surface area (Å²) in [6.45, 7) is 0. The Hall–Kier alpha value is 0.527. The van der Waals surface area contributed by atoms with E-state index in [-0.39, 0.29) is 0 Å². The molecule has 0 amide bonds. The Labute approximate surface area is 52.5 Å². The average Bonchev–Trinajstić information content (AvgIpc) is 1.69. The maximum absolute atomic E-state index is 8.41. The Morgan fingerprint density at radius 2 is 2.14 bits per heavy atom. The van der Waals surface area contributed by atoms with Crippen LogP contribution in [0.25, 0.3) is 0 Å². The zero-order chi connectivity index (χ0) is 5.54. The topological polar surface area (TPSA) is 20.2 Å². The Morgan fingerprint density at radius 1 is 1.43 bits per heavy atom. The van der Waals surface area contributed by atoms with Crippen LogP contribution >= 0.6 is 12.6 Å². The SMILES string of the molecule is O[SiH2]CCCCS. The third kappa shape index (κ3) is 6.53. The predicted molar refractivity (Wildman–Crippen MR) is 38.7 cm³/mol. The monoisotopic (exact) mass is 136 g/mol. The van der Waals surface area contributed by atoms with E-state index in [4.69, 9.17) is 4.80 Å². The molecule has 0 aromatic heterocycles. The van der Waals surface area contributed by atoms with Gasteiger partial charge in [-0.15, -0.1) is 0 Å². The van der Waals surface area contributed by atoms with Crippen LogP contribution in [0.2, 0.25) is 6.04 Å². The summed E-state index contributed by atoms with van der Waals surface area (Å²) in [5.74, 6) is 0.967. The largest absolute Gasteiger partial charge is 0.438 e. The molecule has 7 heavy (non-hydrogen) atoms. The van der Waals surface area contributed by atoms with Gasteiger partial charge < -0.3 is 4.80 Å². The molecule has 1 N–H and O–H groups in total. The second-order valence-corrected chi connectivity index (χ2v) is 3.11. The van der Waals surface area contributed by atoms with Crippen molar-refractivity contribution in [2.24, 2.45) is 0 Å². The number of thiol groups is 1. The third-order valence-corrected chi connectivity index (χ3v) is 1.95. The van der Waals surface area contributed by atoms with Crippen LogP contribution in [-0.2, 0) is 0 Å². The molecule has 0 saturated heterocycles. The van der Waals surface area contributed by atoms with E-state index in [2.05, 4.69) is 12.6 Å². The number of hydrogen-bond donors (Lipinski definition) is 2. The fourth-order valence-electron chi connectivity index (χ4n) is 0.400. The molecule has 0 spiro atoms. The maximum Gasteiger partial charge on any atom is 0.156 e. The van der Waals surface area contributed by atoms with Gasteiger partial charge in [0.25, 0.3) is 0 Å². The lowest BCUT2D eigenvalue weighted by Crippen LogP contribution is -1.85. The van der Waals surface area contributed by atoms with Crippen LogP contribution in [0.5, 0.6) is 0 Å². The standard InChI is InChI=1S/C4H12OSSi/c5-7-4-2-1-3-6/h5-6H,1-4,7H2. The second-order valence-electron chi connectivity index (χ2n) is 1.51. The van der Waals surface area contributed by atoms with Crippen LogP contribution in [-0.4, -0.2) is 20.3 Å². The maximum atomic E-state index is 8.41. The number of rotatable bonds is 4. The highest BCUT2D eigenvalue weighted by atomic mass is 32.1. The zero-order valence-corrected chi connectivity index (χ0v) is 6.74. The van der Waals surface area contributed by atoms with E-state index in [0.29, 0.717) is 0 Å². The minimum Gasteiger partial charge on any atom is -0.438 e. The first-order valence-corrected chi connectivity index (χ1v) is 4.90. The second kappa shape index (κ2) is 6.53. The molecule has 0 aliphatic carbocycles. The summed E-state index contributed by atoms with van der Waals surface area (Å²) in [6.07, 6.45) is 2.34. The van der Waals surface area contributed by atoms with E-state index in [0.717, 1.165) is 18.2 Å². The van der Waals surface area contributed by atoms with Gasteiger partial charge in [0.15, 0.2) is 9.76 Å². The molecule has 0 fully saturated rings. The van der Waals surface area contributed by atoms with Crippen molar-refractivity contribution in [3.05, 3.63) is 0 Å². The smallest absolute Gasteiger partial charge is 0.156 e. The van der Waals surface area contributed by atoms with Gasteiger partial charge in [0.2, 0.25) is 0 Å². The first kappa shape index (κ1) is 7.53. The normalized spacial score (nSPS) is 11.1. The molecule has 44 valence electrons. The van der Waals surface area contributed by atoms with Crippen LogP contribution in [0.3, 0.4) is 0 Å². The van der Waals surface area contributed by atoms with Crippen molar-refractivity contribution >= 4 is 22.4 Å². The summed E-state index contributed by atoms with van der Waals surface area (Å²) in [5, 5.41) is 0. The van der Waals surface area contributed by atoms with Gasteiger partial charge in [-0.05, 0) is 18.2 Å². The van der Waals surface area contributed by atoms with Gasteiger partial charge in [-0.25, -0.2) is 0 Å². The average molecular weight is 136 g/mol. The van der Waals surface area contributed by atoms with E-state index in [1.807, 2.05) is 0 Å². The van der Waals surface area contributed by atoms with Crippen molar-refractivity contribution in [2.45, 2.75) is 18.9 Å². The summed E-state index contributed by atoms with van der Waals surface area (Å²) in [7, 11) is -0.640. The van der Waals surface area contributed by atoms with Gasteiger partial charge in [-0.2, -0.15) is 12.6 Å². The van der Waals surface area contributed by atoms with E-state index in [9.17, 15) is 0 Å². The molecule has 0 atom stereocenters. The molecule has 0 unspecified atom stereocenters. The van der Waals surface area contributed by atoms with Crippen molar-refractivity contribution in [1.29, 1.82) is 0 Å². The van der Waals surface area contributed by atoms with Crippen LogP contribution in [0.4, 0.5) is 0 Å². The zero-order valence-electron chi connectivity index (χ0n) is 4.43. The van der Waals surface area contributed by atoms with Gasteiger partial charge in [0.1, 0.15) is 0 Å². The van der Waals surface area contributed by atoms with Crippen molar-refractivity contribution in [3.8, 4) is 0 Å². The molecule has 0 aromatic carbocycles. The molecule has 0 rings (SSSR count). The van der Waals surface area contributed by atoms with Crippen LogP contribution < -0.4 is 0 Å². The van der Waals surface area contributed by atoms with E-state index in [1.54, 1.807) is 0 Å². The van der Waals surface area contributed by atoms with Crippen molar-refractivity contribution in [2.75, 3.05) is 5.75 Å². The lowest BCUT2D eigenvalue weighted by atomic mass is 10.4. The summed E-state index contributed by atoms with van der Waals surface area (Å²) in [5.41, 5.74) is 0. The summed E-state index contributed by atoms with van der Waals surface area (Å²) in [4.78, 5) is 8.41. The highest BCUT2D eigenvalue weighted by molar-refractivity contribution is 7.80. The fourth-order valence-corrected chi connectivity index (χ4v) is 1.20. The molecule has 0 aliphatic heterocycles. The Morgan fingerprint density at radius 3 is 2.57 bits per heavy atom. The fraction of sp³-hybridized carbons (Fsp3) is 1.00. The van der Waals surface area contributed by atoms with Gasteiger partial charge >= 0.3 is 0 Å². The first-order chi connectivity index (χ1) is 3.41. The molecule has 0 aromatic rings. The molecule has 0 saturated carbocycles. The molecule has 0 radical (unpaired) electrons. The highest BCUT2D eigenvalue weighted by Crippen LogP contribution is 1.94. The molecule has 0 bridgehead atoms. The quantitative estimate of drug-likeness (QED) is 0.321. The predicted octanol–water partition coefficient (Wildman–Crippen LogP) is 0.191. The molecular weight excluding hydrogens is 124 g/mol. The van der Waals surface area contributed by atoms with Crippen LogP contribution in [0, 0.1) is 0 Å². The summed E-state index contributed by atoms with van der Waals surface area (Å²) >= 11 is 4.03. The van der Waals surface area contributed by atoms with Gasteiger partial charge in [-0.1, -0.05) is 6.42 Å². The van der Waals surface area contributed by atoms with E-state index >= 15 is 0 Å². The van der Waals surface area contributed by atoms with Crippen molar-refractivity contribution in [3.63, 3.8) is 0 Å². The third-order valence-electron chi connectivity index (χ3n) is 0.816. The van der Waals surface area contributed by atoms with Crippen LogP contribution in [0.1, 0.15) is 12.8 Å². The van der Waals surface area contributed by atoms with Crippen molar-refractivity contribution in [1.82, 2.24) is 0 Å². The van der Waals surface area contributed by atoms with Crippen molar-refractivity contribution < 1.29 is 4.80 Å². The van der Waals surface area contributed by atoms with Crippen LogP contribution in [0.15, 0.2) is 0 Å². The Kier molecular flexibility index (Phi) is 7.02. The Balaban J connectivity index is 2.45. The minimum absolute atomic E-state index is 0.640. The lowest BCUT2D eigenvalue weighted by molar-refractivity contribution is 0.595. The molecule has 0 heterocycles. The summed E-state index contributed by atoms with van der Waals surface area (Å²) < 4.78 is 0. The molecule has 3 heteroatoms. The molecule has 0 aliphatic rings. The van der Waals surface area contributed by atoms with E-state index < -0.39 is 9.76 Å². The highest BCUT2D eigenvalue weighted by Gasteiger charge is 1.82. The van der Waals surface area contributed by atoms with Gasteiger partial charge in [0, 0.05) is 0 Å². The summed E-state index contributed by atoms with van der Waals surface area (Å²) in [6, 6.07) is 1.07. The van der Waals surface area contributed by atoms with Gasteiger partial charge in [-0.3, -0.25) is 0 Å². The lowest BCUT2D eigenvalue weighted by Gasteiger charge is -1.89.